The summed E-state index contributed by atoms with van der Waals surface area (Å²) in [5, 5.41) is 0. The second-order valence-corrected chi connectivity index (χ2v) is 3.99. The SMILES string of the molecule is CCOC(=O)c1oc(CC(F)(F)F)nc1C(C)C. The average molecular weight is 265 g/mol. The Balaban J connectivity index is 3.05. The quantitative estimate of drug-likeness (QED) is 0.785. The average Bonchev–Trinajstić information content (AvgIpc) is 2.59. The molecule has 0 N–H and O–H groups in total. The van der Waals surface area contributed by atoms with Crippen LogP contribution in [0.2, 0.25) is 0 Å². The van der Waals surface area contributed by atoms with Crippen molar-refractivity contribution in [3.05, 3.63) is 17.3 Å². The molecule has 0 fully saturated rings. The number of carbonyl (C=O) groups excluding carboxylic acids is 1. The minimum atomic E-state index is -4.43. The summed E-state index contributed by atoms with van der Waals surface area (Å²) < 4.78 is 46.2. The smallest absolute Gasteiger partial charge is 0.397 e. The molecule has 0 atom stereocenters. The number of hydrogen-bond acceptors (Lipinski definition) is 4. The first-order valence-electron chi connectivity index (χ1n) is 5.48. The summed E-state index contributed by atoms with van der Waals surface area (Å²) in [6.45, 7) is 5.13. The van der Waals surface area contributed by atoms with E-state index in [2.05, 4.69) is 4.98 Å². The molecule has 0 aliphatic rings. The first kappa shape index (κ1) is 14.5. The molecule has 0 aromatic carbocycles. The lowest BCUT2D eigenvalue weighted by Gasteiger charge is -2.02. The van der Waals surface area contributed by atoms with Gasteiger partial charge >= 0.3 is 12.1 Å². The van der Waals surface area contributed by atoms with Gasteiger partial charge < -0.3 is 9.15 Å². The monoisotopic (exact) mass is 265 g/mol. The molecule has 1 aromatic rings. The molecule has 0 spiro atoms. The third-order valence-electron chi connectivity index (χ3n) is 2.06. The molecule has 1 aromatic heterocycles. The van der Waals surface area contributed by atoms with Crippen LogP contribution in [0.3, 0.4) is 0 Å². The highest BCUT2D eigenvalue weighted by molar-refractivity contribution is 5.87. The van der Waals surface area contributed by atoms with Crippen molar-refractivity contribution in [2.75, 3.05) is 6.61 Å². The van der Waals surface area contributed by atoms with E-state index in [9.17, 15) is 18.0 Å². The van der Waals surface area contributed by atoms with Gasteiger partial charge in [-0.1, -0.05) is 13.8 Å². The Morgan fingerprint density at radius 1 is 1.44 bits per heavy atom. The third kappa shape index (κ3) is 3.75. The number of carbonyl (C=O) groups is 1. The number of rotatable bonds is 4. The number of oxazole rings is 1. The fourth-order valence-electron chi connectivity index (χ4n) is 1.36. The van der Waals surface area contributed by atoms with Gasteiger partial charge in [-0.2, -0.15) is 13.2 Å². The van der Waals surface area contributed by atoms with Crippen LogP contribution in [0.25, 0.3) is 0 Å². The molecular weight excluding hydrogens is 251 g/mol. The van der Waals surface area contributed by atoms with E-state index in [4.69, 9.17) is 9.15 Å². The van der Waals surface area contributed by atoms with Crippen LogP contribution in [0.4, 0.5) is 13.2 Å². The molecule has 18 heavy (non-hydrogen) atoms. The standard InChI is InChI=1S/C11H14F3NO3/c1-4-17-10(16)9-8(6(2)3)15-7(18-9)5-11(12,13)14/h6H,4-5H2,1-3H3. The number of ether oxygens (including phenoxy) is 1. The van der Waals surface area contributed by atoms with Gasteiger partial charge in [0.15, 0.2) is 0 Å². The van der Waals surface area contributed by atoms with Crippen LogP contribution in [0.5, 0.6) is 0 Å². The highest BCUT2D eigenvalue weighted by atomic mass is 19.4. The van der Waals surface area contributed by atoms with Crippen molar-refractivity contribution in [1.82, 2.24) is 4.98 Å². The van der Waals surface area contributed by atoms with E-state index in [0.717, 1.165) is 0 Å². The molecule has 1 heterocycles. The number of aromatic nitrogens is 1. The van der Waals surface area contributed by atoms with Gasteiger partial charge in [0.05, 0.1) is 12.3 Å². The van der Waals surface area contributed by atoms with E-state index in [1.807, 2.05) is 0 Å². The molecule has 0 unspecified atom stereocenters. The summed E-state index contributed by atoms with van der Waals surface area (Å²) >= 11 is 0. The van der Waals surface area contributed by atoms with Crippen LogP contribution < -0.4 is 0 Å². The van der Waals surface area contributed by atoms with Crippen LogP contribution in [-0.4, -0.2) is 23.7 Å². The Bertz CT molecular complexity index is 424. The fourth-order valence-corrected chi connectivity index (χ4v) is 1.36. The minimum Gasteiger partial charge on any atom is -0.460 e. The lowest BCUT2D eigenvalue weighted by atomic mass is 10.1. The molecule has 0 amide bonds. The number of esters is 1. The van der Waals surface area contributed by atoms with E-state index >= 15 is 0 Å². The van der Waals surface area contributed by atoms with Gasteiger partial charge in [0.1, 0.15) is 6.42 Å². The van der Waals surface area contributed by atoms with E-state index in [1.165, 1.54) is 0 Å². The number of halogens is 3. The Morgan fingerprint density at radius 3 is 2.50 bits per heavy atom. The van der Waals surface area contributed by atoms with Gasteiger partial charge in [-0.3, -0.25) is 0 Å². The predicted molar refractivity (Wildman–Crippen MR) is 56.3 cm³/mol. The topological polar surface area (TPSA) is 52.3 Å². The highest BCUT2D eigenvalue weighted by Gasteiger charge is 2.33. The maximum atomic E-state index is 12.2. The van der Waals surface area contributed by atoms with E-state index in [-0.39, 0.29) is 24.0 Å². The minimum absolute atomic E-state index is 0.117. The summed E-state index contributed by atoms with van der Waals surface area (Å²) in [6, 6.07) is 0. The van der Waals surface area contributed by atoms with Crippen molar-refractivity contribution in [3.8, 4) is 0 Å². The maximum Gasteiger partial charge on any atom is 0.397 e. The van der Waals surface area contributed by atoms with Crippen LogP contribution in [0.15, 0.2) is 4.42 Å². The van der Waals surface area contributed by atoms with Gasteiger partial charge in [-0.25, -0.2) is 9.78 Å². The van der Waals surface area contributed by atoms with Crippen molar-refractivity contribution >= 4 is 5.97 Å². The van der Waals surface area contributed by atoms with Gasteiger partial charge in [0.25, 0.3) is 0 Å². The van der Waals surface area contributed by atoms with Crippen LogP contribution in [0.1, 0.15) is 48.8 Å². The summed E-state index contributed by atoms with van der Waals surface area (Å²) in [6.07, 6.45) is -5.73. The Hall–Kier alpha value is -1.53. The van der Waals surface area contributed by atoms with Gasteiger partial charge in [-0.15, -0.1) is 0 Å². The lowest BCUT2D eigenvalue weighted by Crippen LogP contribution is -2.11. The highest BCUT2D eigenvalue weighted by Crippen LogP contribution is 2.26. The summed E-state index contributed by atoms with van der Waals surface area (Å²) in [7, 11) is 0. The molecule has 0 aliphatic heterocycles. The third-order valence-corrected chi connectivity index (χ3v) is 2.06. The lowest BCUT2D eigenvalue weighted by molar-refractivity contribution is -0.130. The summed E-state index contributed by atoms with van der Waals surface area (Å²) in [5.74, 6) is -1.78. The zero-order chi connectivity index (χ0) is 13.9. The fraction of sp³-hybridized carbons (Fsp3) is 0.636. The molecule has 0 radical (unpaired) electrons. The molecule has 7 heteroatoms. The van der Waals surface area contributed by atoms with Crippen molar-refractivity contribution in [2.45, 2.75) is 39.3 Å². The Kier molecular flexibility index (Phi) is 4.37. The molecule has 0 bridgehead atoms. The molecule has 0 saturated carbocycles. The van der Waals surface area contributed by atoms with E-state index in [1.54, 1.807) is 20.8 Å². The number of alkyl halides is 3. The van der Waals surface area contributed by atoms with Crippen LogP contribution in [0, 0.1) is 0 Å². The van der Waals surface area contributed by atoms with Crippen LogP contribution in [-0.2, 0) is 11.2 Å². The summed E-state index contributed by atoms with van der Waals surface area (Å²) in [5.41, 5.74) is 0.188. The number of hydrogen-bond donors (Lipinski definition) is 0. The molecular formula is C11H14F3NO3. The van der Waals surface area contributed by atoms with Crippen molar-refractivity contribution in [2.24, 2.45) is 0 Å². The number of nitrogens with zero attached hydrogens (tertiary/aromatic N) is 1. The van der Waals surface area contributed by atoms with E-state index in [0.29, 0.717) is 0 Å². The molecule has 1 rings (SSSR count). The second-order valence-electron chi connectivity index (χ2n) is 3.99. The first-order chi connectivity index (χ1) is 8.24. The Morgan fingerprint density at radius 2 is 2.06 bits per heavy atom. The Labute approximate surface area is 102 Å². The van der Waals surface area contributed by atoms with Crippen molar-refractivity contribution in [3.63, 3.8) is 0 Å². The molecule has 4 nitrogen and oxygen atoms in total. The van der Waals surface area contributed by atoms with Crippen molar-refractivity contribution < 1.29 is 27.1 Å². The predicted octanol–water partition coefficient (Wildman–Crippen LogP) is 3.08. The van der Waals surface area contributed by atoms with Gasteiger partial charge in [0.2, 0.25) is 11.7 Å². The molecule has 0 saturated heterocycles. The normalized spacial score (nSPS) is 11.9. The van der Waals surface area contributed by atoms with Crippen LogP contribution >= 0.6 is 0 Å². The molecule has 102 valence electrons. The van der Waals surface area contributed by atoms with Crippen molar-refractivity contribution in [1.29, 1.82) is 0 Å². The zero-order valence-corrected chi connectivity index (χ0v) is 10.3. The second kappa shape index (κ2) is 5.41. The zero-order valence-electron chi connectivity index (χ0n) is 10.3. The molecule has 0 aliphatic carbocycles. The summed E-state index contributed by atoms with van der Waals surface area (Å²) in [4.78, 5) is 15.2. The first-order valence-corrected chi connectivity index (χ1v) is 5.48. The van der Waals surface area contributed by atoms with Gasteiger partial charge in [0, 0.05) is 0 Å². The maximum absolute atomic E-state index is 12.2. The van der Waals surface area contributed by atoms with Gasteiger partial charge in [-0.05, 0) is 12.8 Å². The van der Waals surface area contributed by atoms with E-state index < -0.39 is 24.5 Å². The largest absolute Gasteiger partial charge is 0.460 e.